The van der Waals surface area contributed by atoms with Crippen LogP contribution in [-0.2, 0) is 16.0 Å². The third-order valence-corrected chi connectivity index (χ3v) is 5.22. The van der Waals surface area contributed by atoms with Gasteiger partial charge in [0.05, 0.1) is 6.04 Å². The summed E-state index contributed by atoms with van der Waals surface area (Å²) in [4.78, 5) is 26.8. The topological polar surface area (TPSA) is 89.9 Å². The maximum atomic E-state index is 12.4. The lowest BCUT2D eigenvalue weighted by Crippen LogP contribution is -2.50. The van der Waals surface area contributed by atoms with Crippen LogP contribution in [0.4, 0.5) is 0 Å². The smallest absolute Gasteiger partial charge is 0.254 e. The molecule has 1 heterocycles. The van der Waals surface area contributed by atoms with Gasteiger partial charge < -0.3 is 20.4 Å². The van der Waals surface area contributed by atoms with E-state index < -0.39 is 24.0 Å². The van der Waals surface area contributed by atoms with E-state index in [2.05, 4.69) is 5.32 Å². The van der Waals surface area contributed by atoms with Crippen LogP contribution in [-0.4, -0.2) is 52.7 Å². The molecule has 7 heteroatoms. The van der Waals surface area contributed by atoms with E-state index in [1.807, 2.05) is 68.6 Å². The van der Waals surface area contributed by atoms with Gasteiger partial charge in [-0.1, -0.05) is 50.2 Å². The number of rotatable bonds is 8. The van der Waals surface area contributed by atoms with E-state index >= 15 is 0 Å². The number of hydrogen-bond acceptors (Lipinski definition) is 5. The minimum absolute atomic E-state index is 0.299. The molecule has 3 N–H and O–H groups in total. The van der Waals surface area contributed by atoms with Crippen LogP contribution in [0.3, 0.4) is 0 Å². The zero-order chi connectivity index (χ0) is 21.1. The molecule has 2 aromatic rings. The molecule has 0 bridgehead atoms. The first-order valence-corrected chi connectivity index (χ1v) is 10.3. The van der Waals surface area contributed by atoms with Crippen LogP contribution in [0.2, 0.25) is 0 Å². The normalized spacial score (nSPS) is 13.5. The Kier molecular flexibility index (Phi) is 10.4. The van der Waals surface area contributed by atoms with Crippen molar-refractivity contribution >= 4 is 23.2 Å². The molecule has 0 saturated carbocycles. The van der Waals surface area contributed by atoms with Crippen molar-refractivity contribution in [3.05, 3.63) is 58.3 Å². The minimum atomic E-state index is -1.81. The van der Waals surface area contributed by atoms with E-state index in [0.717, 1.165) is 10.4 Å². The van der Waals surface area contributed by atoms with Gasteiger partial charge in [0.1, 0.15) is 0 Å². The molecule has 0 aliphatic rings. The summed E-state index contributed by atoms with van der Waals surface area (Å²) in [5.74, 6) is -1.47. The number of hydrogen-bond donors (Lipinski definition) is 3. The molecule has 0 aliphatic heterocycles. The lowest BCUT2D eigenvalue weighted by atomic mass is 10.1. The predicted molar refractivity (Wildman–Crippen MR) is 112 cm³/mol. The molecular formula is C21H30N2O4S. The van der Waals surface area contributed by atoms with Crippen LogP contribution in [0, 0.1) is 0 Å². The van der Waals surface area contributed by atoms with E-state index in [0.29, 0.717) is 13.0 Å². The van der Waals surface area contributed by atoms with Crippen molar-refractivity contribution in [2.45, 2.75) is 45.4 Å². The Bertz CT molecular complexity index is 706. The number of aliphatic hydroxyl groups excluding tert-OH is 2. The molecule has 28 heavy (non-hydrogen) atoms. The lowest BCUT2D eigenvalue weighted by Gasteiger charge is -2.28. The standard InChI is InChI=1S/C19H24N2O4S.C2H6/c1-13(14-7-4-3-5-8-14)21(2)19(25)17(23)16(22)18(24)20-11-10-15-9-6-12-26-15;1-2/h3-9,12-13,16-17,22-23H,10-11H2,1-2H3,(H,20,24);1-2H3/t13-,16-,17-;/m1./s1. The van der Waals surface area contributed by atoms with Gasteiger partial charge in [0, 0.05) is 18.5 Å². The summed E-state index contributed by atoms with van der Waals surface area (Å²) in [6.45, 7) is 6.14. The Hall–Kier alpha value is -2.22. The second kappa shape index (κ2) is 12.3. The van der Waals surface area contributed by atoms with Crippen LogP contribution in [0.25, 0.3) is 0 Å². The number of aliphatic hydroxyl groups is 2. The van der Waals surface area contributed by atoms with Crippen LogP contribution in [0.5, 0.6) is 0 Å². The number of nitrogens with one attached hydrogen (secondary N) is 1. The second-order valence-electron chi connectivity index (χ2n) is 6.05. The summed E-state index contributed by atoms with van der Waals surface area (Å²) in [6, 6.07) is 12.9. The van der Waals surface area contributed by atoms with Gasteiger partial charge in [-0.2, -0.15) is 0 Å². The monoisotopic (exact) mass is 406 g/mol. The number of carbonyl (C=O) groups is 2. The van der Waals surface area contributed by atoms with Gasteiger partial charge >= 0.3 is 0 Å². The summed E-state index contributed by atoms with van der Waals surface area (Å²) >= 11 is 1.58. The zero-order valence-corrected chi connectivity index (χ0v) is 17.6. The molecule has 6 nitrogen and oxygen atoms in total. The largest absolute Gasteiger partial charge is 0.380 e. The first kappa shape index (κ1) is 23.8. The highest BCUT2D eigenvalue weighted by Crippen LogP contribution is 2.19. The molecule has 0 radical (unpaired) electrons. The molecule has 0 spiro atoms. The van der Waals surface area contributed by atoms with E-state index in [9.17, 15) is 19.8 Å². The van der Waals surface area contributed by atoms with Gasteiger partial charge in [0.2, 0.25) is 0 Å². The first-order valence-electron chi connectivity index (χ1n) is 9.39. The summed E-state index contributed by atoms with van der Waals surface area (Å²) in [5.41, 5.74) is 0.894. The predicted octanol–water partition coefficient (Wildman–Crippen LogP) is 2.37. The SMILES string of the molecule is CC.C[C@H](c1ccccc1)N(C)C(=O)[C@H](O)[C@@H](O)C(=O)NCCc1cccs1. The van der Waals surface area contributed by atoms with E-state index in [-0.39, 0.29) is 6.04 Å². The van der Waals surface area contributed by atoms with E-state index in [1.165, 1.54) is 11.9 Å². The molecule has 154 valence electrons. The number of likely N-dealkylation sites (N-methyl/N-ethyl adjacent to an activating group) is 1. The average molecular weight is 407 g/mol. The molecule has 0 unspecified atom stereocenters. The fourth-order valence-electron chi connectivity index (χ4n) is 2.50. The zero-order valence-electron chi connectivity index (χ0n) is 16.8. The van der Waals surface area contributed by atoms with Crippen molar-refractivity contribution in [2.75, 3.05) is 13.6 Å². The molecule has 2 rings (SSSR count). The van der Waals surface area contributed by atoms with E-state index in [4.69, 9.17) is 0 Å². The number of thiophene rings is 1. The number of carbonyl (C=O) groups excluding carboxylic acids is 2. The second-order valence-corrected chi connectivity index (χ2v) is 7.08. The maximum absolute atomic E-state index is 12.4. The van der Waals surface area contributed by atoms with Crippen molar-refractivity contribution in [2.24, 2.45) is 0 Å². The van der Waals surface area contributed by atoms with Gasteiger partial charge in [0.25, 0.3) is 11.8 Å². The quantitative estimate of drug-likeness (QED) is 0.628. The molecule has 0 saturated heterocycles. The minimum Gasteiger partial charge on any atom is -0.380 e. The molecule has 2 amide bonds. The Balaban J connectivity index is 0.00000190. The molecule has 1 aromatic heterocycles. The van der Waals surface area contributed by atoms with Crippen molar-refractivity contribution in [1.29, 1.82) is 0 Å². The number of nitrogens with zero attached hydrogens (tertiary/aromatic N) is 1. The van der Waals surface area contributed by atoms with Gasteiger partial charge in [-0.25, -0.2) is 0 Å². The van der Waals surface area contributed by atoms with E-state index in [1.54, 1.807) is 11.3 Å². The van der Waals surface area contributed by atoms with Crippen LogP contribution < -0.4 is 5.32 Å². The number of amides is 2. The average Bonchev–Trinajstić information content (AvgIpc) is 3.26. The Morgan fingerprint density at radius 3 is 2.29 bits per heavy atom. The summed E-state index contributed by atoms with van der Waals surface area (Å²) in [7, 11) is 1.53. The molecule has 1 aromatic carbocycles. The number of benzene rings is 1. The Morgan fingerprint density at radius 1 is 1.07 bits per heavy atom. The fraction of sp³-hybridized carbons (Fsp3) is 0.429. The summed E-state index contributed by atoms with van der Waals surface area (Å²) in [6.07, 6.45) is -2.99. The van der Waals surface area contributed by atoms with Crippen molar-refractivity contribution in [3.8, 4) is 0 Å². The van der Waals surface area contributed by atoms with Crippen LogP contribution >= 0.6 is 11.3 Å². The van der Waals surface area contributed by atoms with Gasteiger partial charge in [-0.15, -0.1) is 11.3 Å². The van der Waals surface area contributed by atoms with Crippen LogP contribution in [0.15, 0.2) is 47.8 Å². The first-order chi connectivity index (χ1) is 13.4. The highest BCUT2D eigenvalue weighted by molar-refractivity contribution is 7.09. The molecule has 3 atom stereocenters. The van der Waals surface area contributed by atoms with Crippen LogP contribution in [0.1, 0.15) is 37.3 Å². The molecule has 0 fully saturated rings. The summed E-state index contributed by atoms with van der Waals surface area (Å²) < 4.78 is 0. The van der Waals surface area contributed by atoms with Gasteiger partial charge in [-0.3, -0.25) is 9.59 Å². The third kappa shape index (κ3) is 6.74. The van der Waals surface area contributed by atoms with Crippen molar-refractivity contribution in [3.63, 3.8) is 0 Å². The molecule has 0 aliphatic carbocycles. The Morgan fingerprint density at radius 2 is 1.71 bits per heavy atom. The fourth-order valence-corrected chi connectivity index (χ4v) is 3.21. The van der Waals surface area contributed by atoms with Gasteiger partial charge in [0.15, 0.2) is 12.2 Å². The van der Waals surface area contributed by atoms with Crippen molar-refractivity contribution < 1.29 is 19.8 Å². The lowest BCUT2D eigenvalue weighted by molar-refractivity contribution is -0.153. The summed E-state index contributed by atoms with van der Waals surface area (Å²) in [5, 5.41) is 24.6. The third-order valence-electron chi connectivity index (χ3n) is 4.28. The van der Waals surface area contributed by atoms with Crippen molar-refractivity contribution in [1.82, 2.24) is 10.2 Å². The van der Waals surface area contributed by atoms with Gasteiger partial charge in [-0.05, 0) is 30.4 Å². The molecular weight excluding hydrogens is 376 g/mol. The Labute approximate surface area is 170 Å². The maximum Gasteiger partial charge on any atom is 0.254 e. The highest BCUT2D eigenvalue weighted by atomic mass is 32.1. The highest BCUT2D eigenvalue weighted by Gasteiger charge is 2.33.